The van der Waals surface area contributed by atoms with E-state index in [0.717, 1.165) is 11.1 Å². The Balaban J connectivity index is 1.84. The van der Waals surface area contributed by atoms with Gasteiger partial charge in [0.2, 0.25) is 5.75 Å². The summed E-state index contributed by atoms with van der Waals surface area (Å²) in [6.45, 7) is 4.00. The second-order valence-corrected chi connectivity index (χ2v) is 7.90. The molecule has 4 rings (SSSR count). The Hall–Kier alpha value is -4.26. The van der Waals surface area contributed by atoms with Crippen molar-refractivity contribution in [2.75, 3.05) is 26.6 Å². The predicted molar refractivity (Wildman–Crippen MR) is 133 cm³/mol. The zero-order valence-electron chi connectivity index (χ0n) is 19.8. The maximum absolute atomic E-state index is 13.5. The third-order valence-corrected chi connectivity index (χ3v) is 5.86. The number of hydrogen-bond acceptors (Lipinski definition) is 5. The Morgan fingerprint density at radius 1 is 0.824 bits per heavy atom. The van der Waals surface area contributed by atoms with Crippen molar-refractivity contribution in [3.05, 3.63) is 87.8 Å². The van der Waals surface area contributed by atoms with Crippen LogP contribution in [0, 0.1) is 13.8 Å². The molecule has 0 fully saturated rings. The topological polar surface area (TPSA) is 78.8 Å². The highest BCUT2D eigenvalue weighted by molar-refractivity contribution is 6.12. The van der Waals surface area contributed by atoms with Crippen molar-refractivity contribution in [1.29, 1.82) is 0 Å². The van der Waals surface area contributed by atoms with Crippen LogP contribution in [0.1, 0.15) is 21.5 Å². The zero-order valence-corrected chi connectivity index (χ0v) is 19.8. The summed E-state index contributed by atoms with van der Waals surface area (Å²) in [6, 6.07) is 16.2. The molecule has 34 heavy (non-hydrogen) atoms. The van der Waals surface area contributed by atoms with Crippen LogP contribution in [0.15, 0.2) is 65.6 Å². The minimum atomic E-state index is -0.372. The van der Waals surface area contributed by atoms with Crippen LogP contribution in [0.5, 0.6) is 17.2 Å². The maximum Gasteiger partial charge on any atom is 0.262 e. The van der Waals surface area contributed by atoms with Gasteiger partial charge >= 0.3 is 0 Å². The third kappa shape index (κ3) is 4.08. The van der Waals surface area contributed by atoms with Gasteiger partial charge < -0.3 is 19.5 Å². The number of benzene rings is 3. The summed E-state index contributed by atoms with van der Waals surface area (Å²) in [5.74, 6) is 0.893. The first-order valence-electron chi connectivity index (χ1n) is 10.7. The quantitative estimate of drug-likeness (QED) is 0.445. The normalized spacial score (nSPS) is 10.7. The van der Waals surface area contributed by atoms with Crippen LogP contribution >= 0.6 is 0 Å². The second-order valence-electron chi connectivity index (χ2n) is 7.90. The highest BCUT2D eigenvalue weighted by Crippen LogP contribution is 2.40. The van der Waals surface area contributed by atoms with Gasteiger partial charge in [0.1, 0.15) is 0 Å². The number of aryl methyl sites for hydroxylation is 2. The van der Waals surface area contributed by atoms with E-state index in [9.17, 15) is 9.59 Å². The highest BCUT2D eigenvalue weighted by atomic mass is 16.5. The smallest absolute Gasteiger partial charge is 0.262 e. The molecule has 0 saturated heterocycles. The van der Waals surface area contributed by atoms with Crippen LogP contribution in [-0.4, -0.2) is 31.8 Å². The number of methoxy groups -OCH3 is 3. The fourth-order valence-corrected chi connectivity index (χ4v) is 3.89. The lowest BCUT2D eigenvalue weighted by molar-refractivity contribution is 0.102. The summed E-state index contributed by atoms with van der Waals surface area (Å²) in [5.41, 5.74) is 3.51. The number of amides is 1. The molecule has 0 radical (unpaired) electrons. The third-order valence-electron chi connectivity index (χ3n) is 5.86. The van der Waals surface area contributed by atoms with E-state index in [1.165, 1.54) is 25.9 Å². The van der Waals surface area contributed by atoms with E-state index in [2.05, 4.69) is 5.32 Å². The Bertz CT molecular complexity index is 1430. The summed E-state index contributed by atoms with van der Waals surface area (Å²) >= 11 is 0. The van der Waals surface area contributed by atoms with Gasteiger partial charge in [-0.3, -0.25) is 14.2 Å². The minimum absolute atomic E-state index is 0.191. The molecule has 0 aliphatic rings. The highest BCUT2D eigenvalue weighted by Gasteiger charge is 2.19. The molecule has 3 aromatic carbocycles. The first-order chi connectivity index (χ1) is 16.4. The second kappa shape index (κ2) is 9.31. The number of nitrogens with zero attached hydrogens (tertiary/aromatic N) is 1. The van der Waals surface area contributed by atoms with Crippen molar-refractivity contribution in [1.82, 2.24) is 4.57 Å². The molecule has 0 bridgehead atoms. The van der Waals surface area contributed by atoms with Gasteiger partial charge in [-0.05, 0) is 43.2 Å². The van der Waals surface area contributed by atoms with E-state index in [1.54, 1.807) is 42.6 Å². The number of rotatable bonds is 6. The summed E-state index contributed by atoms with van der Waals surface area (Å²) in [7, 11) is 4.53. The Kier molecular flexibility index (Phi) is 6.27. The molecule has 0 aliphatic carbocycles. The number of pyridine rings is 1. The molecule has 1 amide bonds. The summed E-state index contributed by atoms with van der Waals surface area (Å²) in [5, 5.41) is 3.92. The van der Waals surface area contributed by atoms with Gasteiger partial charge in [-0.15, -0.1) is 0 Å². The standard InChI is InChI=1S/C27H26N2O5/c1-16-10-11-19(12-17(16)2)29-15-22(20-8-6-7-9-21(20)27(29)31)26(30)28-18-13-23(32-3)25(34-5)24(14-18)33-4/h6-15H,1-5H3,(H,28,30). The van der Waals surface area contributed by atoms with Crippen molar-refractivity contribution in [2.45, 2.75) is 13.8 Å². The van der Waals surface area contributed by atoms with E-state index in [4.69, 9.17) is 14.2 Å². The number of aromatic nitrogens is 1. The van der Waals surface area contributed by atoms with Crippen molar-refractivity contribution in [2.24, 2.45) is 0 Å². The van der Waals surface area contributed by atoms with Crippen molar-refractivity contribution < 1.29 is 19.0 Å². The van der Waals surface area contributed by atoms with Crippen LogP contribution in [0.3, 0.4) is 0 Å². The molecule has 0 saturated carbocycles. The summed E-state index contributed by atoms with van der Waals surface area (Å²) in [6.07, 6.45) is 1.59. The van der Waals surface area contributed by atoms with Crippen molar-refractivity contribution in [3.63, 3.8) is 0 Å². The first kappa shape index (κ1) is 22.9. The largest absolute Gasteiger partial charge is 0.493 e. The number of anilines is 1. The molecular weight excluding hydrogens is 432 g/mol. The van der Waals surface area contributed by atoms with Crippen molar-refractivity contribution >= 4 is 22.4 Å². The fourth-order valence-electron chi connectivity index (χ4n) is 3.89. The molecule has 0 unspecified atom stereocenters. The summed E-state index contributed by atoms with van der Waals surface area (Å²) in [4.78, 5) is 26.7. The van der Waals surface area contributed by atoms with Crippen LogP contribution in [0.25, 0.3) is 16.5 Å². The van der Waals surface area contributed by atoms with E-state index in [1.807, 2.05) is 32.0 Å². The lowest BCUT2D eigenvalue weighted by Crippen LogP contribution is -2.22. The van der Waals surface area contributed by atoms with Gasteiger partial charge in [0, 0.05) is 40.5 Å². The fraction of sp³-hybridized carbons (Fsp3) is 0.185. The molecular formula is C27H26N2O5. The molecule has 0 aliphatic heterocycles. The van der Waals surface area contributed by atoms with Gasteiger partial charge in [-0.25, -0.2) is 0 Å². The van der Waals surface area contributed by atoms with Crippen molar-refractivity contribution in [3.8, 4) is 22.9 Å². The SMILES string of the molecule is COc1cc(NC(=O)c2cn(-c3ccc(C)c(C)c3)c(=O)c3ccccc23)cc(OC)c1OC. The molecule has 1 heterocycles. The van der Waals surface area contributed by atoms with Gasteiger partial charge in [0.25, 0.3) is 11.5 Å². The number of carbonyl (C=O) groups excluding carboxylic acids is 1. The van der Waals surface area contributed by atoms with Crippen LogP contribution in [0.2, 0.25) is 0 Å². The van der Waals surface area contributed by atoms with Gasteiger partial charge in [0.15, 0.2) is 11.5 Å². The maximum atomic E-state index is 13.5. The van der Waals surface area contributed by atoms with Gasteiger partial charge in [-0.1, -0.05) is 24.3 Å². The molecule has 7 heteroatoms. The average molecular weight is 459 g/mol. The lowest BCUT2D eigenvalue weighted by atomic mass is 10.1. The van der Waals surface area contributed by atoms with Crippen LogP contribution in [-0.2, 0) is 0 Å². The predicted octanol–water partition coefficient (Wildman–Crippen LogP) is 4.89. The average Bonchev–Trinajstić information content (AvgIpc) is 2.85. The van der Waals surface area contributed by atoms with Gasteiger partial charge in [-0.2, -0.15) is 0 Å². The van der Waals surface area contributed by atoms with Crippen LogP contribution in [0.4, 0.5) is 5.69 Å². The van der Waals surface area contributed by atoms with E-state index in [-0.39, 0.29) is 11.5 Å². The number of ether oxygens (including phenoxy) is 3. The number of fused-ring (bicyclic) bond motifs is 1. The molecule has 0 atom stereocenters. The van der Waals surface area contributed by atoms with Gasteiger partial charge in [0.05, 0.1) is 26.9 Å². The number of nitrogens with one attached hydrogen (secondary N) is 1. The Morgan fingerprint density at radius 3 is 2.06 bits per heavy atom. The molecule has 0 spiro atoms. The number of carbonyl (C=O) groups is 1. The number of hydrogen-bond donors (Lipinski definition) is 1. The van der Waals surface area contributed by atoms with E-state index >= 15 is 0 Å². The molecule has 174 valence electrons. The van der Waals surface area contributed by atoms with E-state index < -0.39 is 0 Å². The van der Waals surface area contributed by atoms with E-state index in [0.29, 0.717) is 45.0 Å². The Labute approximate surface area is 197 Å². The summed E-state index contributed by atoms with van der Waals surface area (Å²) < 4.78 is 17.6. The zero-order chi connectivity index (χ0) is 24.4. The molecule has 1 aromatic heterocycles. The molecule has 1 N–H and O–H groups in total. The lowest BCUT2D eigenvalue weighted by Gasteiger charge is -2.16. The molecule has 7 nitrogen and oxygen atoms in total. The Morgan fingerprint density at radius 2 is 1.47 bits per heavy atom. The molecule has 4 aromatic rings. The monoisotopic (exact) mass is 458 g/mol. The van der Waals surface area contributed by atoms with Crippen LogP contribution < -0.4 is 25.1 Å². The first-order valence-corrected chi connectivity index (χ1v) is 10.7. The minimum Gasteiger partial charge on any atom is -0.493 e.